The van der Waals surface area contributed by atoms with Crippen molar-refractivity contribution < 1.29 is 14.6 Å². The quantitative estimate of drug-likeness (QED) is 0.776. The summed E-state index contributed by atoms with van der Waals surface area (Å²) in [5, 5.41) is 12.4. The molecular formula is C15H22ClNO3. The zero-order chi connectivity index (χ0) is 15.0. The van der Waals surface area contributed by atoms with Crippen LogP contribution in [-0.4, -0.2) is 30.3 Å². The van der Waals surface area contributed by atoms with Crippen LogP contribution in [0.5, 0.6) is 5.75 Å². The van der Waals surface area contributed by atoms with Crippen molar-refractivity contribution in [1.29, 1.82) is 0 Å². The molecule has 1 unspecified atom stereocenters. The minimum Gasteiger partial charge on any atom is -0.491 e. The molecule has 1 aromatic carbocycles. The third-order valence-corrected chi connectivity index (χ3v) is 3.33. The Balaban J connectivity index is 2.34. The van der Waals surface area contributed by atoms with Gasteiger partial charge in [-0.25, -0.2) is 0 Å². The highest BCUT2D eigenvalue weighted by molar-refractivity contribution is 6.32. The van der Waals surface area contributed by atoms with Crippen molar-refractivity contribution >= 4 is 17.5 Å². The Morgan fingerprint density at radius 1 is 1.40 bits per heavy atom. The van der Waals surface area contributed by atoms with Gasteiger partial charge in [0.2, 0.25) is 5.91 Å². The number of amides is 1. The second-order valence-corrected chi connectivity index (χ2v) is 5.37. The summed E-state index contributed by atoms with van der Waals surface area (Å²) in [6, 6.07) is 7.16. The van der Waals surface area contributed by atoms with Gasteiger partial charge in [-0.1, -0.05) is 37.6 Å². The number of benzene rings is 1. The average molecular weight is 300 g/mol. The fourth-order valence-corrected chi connectivity index (χ4v) is 2.00. The second-order valence-electron chi connectivity index (χ2n) is 4.96. The van der Waals surface area contributed by atoms with Crippen LogP contribution < -0.4 is 10.1 Å². The molecule has 0 aliphatic carbocycles. The first kappa shape index (κ1) is 16.8. The van der Waals surface area contributed by atoms with Gasteiger partial charge in [0.1, 0.15) is 5.75 Å². The molecule has 0 saturated heterocycles. The molecule has 1 rings (SSSR count). The van der Waals surface area contributed by atoms with E-state index in [9.17, 15) is 4.79 Å². The average Bonchev–Trinajstić information content (AvgIpc) is 2.40. The third kappa shape index (κ3) is 5.80. The number of ether oxygens (including phenoxy) is 1. The number of carbonyl (C=O) groups excluding carboxylic acids is 1. The van der Waals surface area contributed by atoms with Crippen LogP contribution in [0.2, 0.25) is 5.02 Å². The number of halogens is 1. The summed E-state index contributed by atoms with van der Waals surface area (Å²) in [6.07, 6.45) is 0.828. The van der Waals surface area contributed by atoms with Crippen molar-refractivity contribution in [3.63, 3.8) is 0 Å². The topological polar surface area (TPSA) is 58.6 Å². The summed E-state index contributed by atoms with van der Waals surface area (Å²) < 4.78 is 5.47. The minimum absolute atomic E-state index is 0.00665. The molecule has 0 radical (unpaired) electrons. The molecular weight excluding hydrogens is 278 g/mol. The van der Waals surface area contributed by atoms with Gasteiger partial charge in [0.05, 0.1) is 18.1 Å². The lowest BCUT2D eigenvalue weighted by Gasteiger charge is -2.21. The van der Waals surface area contributed by atoms with Crippen molar-refractivity contribution in [1.82, 2.24) is 5.32 Å². The molecule has 0 bridgehead atoms. The molecule has 5 heteroatoms. The SMILES string of the molecule is CC(C)C(CCO)NC(=O)CCOc1ccccc1Cl. The number of aliphatic hydroxyl groups is 1. The molecule has 0 aliphatic rings. The Morgan fingerprint density at radius 3 is 2.70 bits per heavy atom. The van der Waals surface area contributed by atoms with Crippen molar-refractivity contribution in [2.45, 2.75) is 32.7 Å². The van der Waals surface area contributed by atoms with Crippen LogP contribution >= 0.6 is 11.6 Å². The third-order valence-electron chi connectivity index (χ3n) is 3.01. The van der Waals surface area contributed by atoms with Gasteiger partial charge in [0, 0.05) is 12.6 Å². The maximum absolute atomic E-state index is 11.8. The molecule has 2 N–H and O–H groups in total. The van der Waals surface area contributed by atoms with Gasteiger partial charge in [-0.3, -0.25) is 4.79 Å². The lowest BCUT2D eigenvalue weighted by molar-refractivity contribution is -0.122. The Kier molecular flexibility index (Phi) is 7.41. The summed E-state index contributed by atoms with van der Waals surface area (Å²) in [5.41, 5.74) is 0. The molecule has 1 amide bonds. The summed E-state index contributed by atoms with van der Waals surface area (Å²) in [7, 11) is 0. The standard InChI is InChI=1S/C15H22ClNO3/c1-11(2)13(7-9-18)17-15(19)8-10-20-14-6-4-3-5-12(14)16/h3-6,11,13,18H,7-10H2,1-2H3,(H,17,19). The van der Waals surface area contributed by atoms with E-state index in [0.29, 0.717) is 17.2 Å². The predicted octanol–water partition coefficient (Wildman–Crippen LogP) is 2.63. The maximum Gasteiger partial charge on any atom is 0.223 e. The van der Waals surface area contributed by atoms with E-state index in [0.717, 1.165) is 0 Å². The van der Waals surface area contributed by atoms with Crippen LogP contribution in [-0.2, 0) is 4.79 Å². The van der Waals surface area contributed by atoms with E-state index in [1.165, 1.54) is 0 Å². The van der Waals surface area contributed by atoms with Crippen molar-refractivity contribution in [3.8, 4) is 5.75 Å². The Labute approximate surface area is 125 Å². The molecule has 112 valence electrons. The molecule has 0 aromatic heterocycles. The van der Waals surface area contributed by atoms with Gasteiger partial charge in [-0.05, 0) is 24.5 Å². The van der Waals surface area contributed by atoms with E-state index < -0.39 is 0 Å². The summed E-state index contributed by atoms with van der Waals surface area (Å²) in [6.45, 7) is 4.38. The van der Waals surface area contributed by atoms with Gasteiger partial charge < -0.3 is 15.2 Å². The van der Waals surface area contributed by atoms with Gasteiger partial charge in [-0.2, -0.15) is 0 Å². The largest absolute Gasteiger partial charge is 0.491 e. The molecule has 0 aliphatic heterocycles. The first-order chi connectivity index (χ1) is 9.54. The number of aliphatic hydroxyl groups excluding tert-OH is 1. The number of para-hydroxylation sites is 1. The van der Waals surface area contributed by atoms with Crippen molar-refractivity contribution in [3.05, 3.63) is 29.3 Å². The highest BCUT2D eigenvalue weighted by Crippen LogP contribution is 2.23. The minimum atomic E-state index is -0.0794. The molecule has 1 atom stereocenters. The van der Waals surface area contributed by atoms with Gasteiger partial charge >= 0.3 is 0 Å². The summed E-state index contributed by atoms with van der Waals surface area (Å²) in [4.78, 5) is 11.8. The van der Waals surface area contributed by atoms with E-state index in [1.54, 1.807) is 12.1 Å². The van der Waals surface area contributed by atoms with Crippen molar-refractivity contribution in [2.75, 3.05) is 13.2 Å². The second kappa shape index (κ2) is 8.82. The number of carbonyl (C=O) groups is 1. The van der Waals surface area contributed by atoms with Gasteiger partial charge in [0.15, 0.2) is 0 Å². The fourth-order valence-electron chi connectivity index (χ4n) is 1.81. The number of hydrogen-bond acceptors (Lipinski definition) is 3. The number of hydrogen-bond donors (Lipinski definition) is 2. The molecule has 0 saturated carbocycles. The van der Waals surface area contributed by atoms with Crippen LogP contribution in [0.15, 0.2) is 24.3 Å². The zero-order valence-corrected chi connectivity index (χ0v) is 12.7. The molecule has 20 heavy (non-hydrogen) atoms. The molecule has 1 aromatic rings. The predicted molar refractivity (Wildman–Crippen MR) is 80.0 cm³/mol. The summed E-state index contributed by atoms with van der Waals surface area (Å²) in [5.74, 6) is 0.789. The number of rotatable bonds is 8. The Bertz CT molecular complexity index is 423. The maximum atomic E-state index is 11.8. The first-order valence-electron chi connectivity index (χ1n) is 6.82. The lowest BCUT2D eigenvalue weighted by Crippen LogP contribution is -2.39. The molecule has 0 fully saturated rings. The molecule has 0 spiro atoms. The van der Waals surface area contributed by atoms with E-state index in [4.69, 9.17) is 21.4 Å². The summed E-state index contributed by atoms with van der Waals surface area (Å²) >= 11 is 5.95. The highest BCUT2D eigenvalue weighted by Gasteiger charge is 2.15. The van der Waals surface area contributed by atoms with Crippen molar-refractivity contribution in [2.24, 2.45) is 5.92 Å². The lowest BCUT2D eigenvalue weighted by atomic mass is 10.0. The van der Waals surface area contributed by atoms with Gasteiger partial charge in [-0.15, -0.1) is 0 Å². The van der Waals surface area contributed by atoms with E-state index in [-0.39, 0.29) is 37.5 Å². The van der Waals surface area contributed by atoms with Crippen LogP contribution in [0, 0.1) is 5.92 Å². The van der Waals surface area contributed by atoms with Gasteiger partial charge in [0.25, 0.3) is 0 Å². The van der Waals surface area contributed by atoms with E-state index in [1.807, 2.05) is 26.0 Å². The van der Waals surface area contributed by atoms with Crippen LogP contribution in [0.1, 0.15) is 26.7 Å². The highest BCUT2D eigenvalue weighted by atomic mass is 35.5. The number of nitrogens with one attached hydrogen (secondary N) is 1. The van der Waals surface area contributed by atoms with E-state index in [2.05, 4.69) is 5.32 Å². The van der Waals surface area contributed by atoms with Crippen LogP contribution in [0.4, 0.5) is 0 Å². The Hall–Kier alpha value is -1.26. The molecule has 0 heterocycles. The zero-order valence-electron chi connectivity index (χ0n) is 11.9. The Morgan fingerprint density at radius 2 is 2.10 bits per heavy atom. The first-order valence-corrected chi connectivity index (χ1v) is 7.20. The fraction of sp³-hybridized carbons (Fsp3) is 0.533. The van der Waals surface area contributed by atoms with Crippen LogP contribution in [0.3, 0.4) is 0 Å². The van der Waals surface area contributed by atoms with E-state index >= 15 is 0 Å². The van der Waals surface area contributed by atoms with Crippen LogP contribution in [0.25, 0.3) is 0 Å². The monoisotopic (exact) mass is 299 g/mol. The normalized spacial score (nSPS) is 12.2. The smallest absolute Gasteiger partial charge is 0.223 e. The molecule has 4 nitrogen and oxygen atoms in total.